The van der Waals surface area contributed by atoms with E-state index in [1.807, 2.05) is 12.1 Å². The lowest BCUT2D eigenvalue weighted by atomic mass is 10.2. The molecule has 0 unspecified atom stereocenters. The van der Waals surface area contributed by atoms with Gasteiger partial charge in [-0.05, 0) is 25.6 Å². The fourth-order valence-corrected chi connectivity index (χ4v) is 2.14. The number of carbonyl (C=O) groups excluding carboxylic acids is 1. The van der Waals surface area contributed by atoms with Gasteiger partial charge in [-0.25, -0.2) is 0 Å². The Labute approximate surface area is 120 Å². The molecule has 0 atom stereocenters. The van der Waals surface area contributed by atoms with Crippen molar-refractivity contribution in [1.82, 2.24) is 15.1 Å². The standard InChI is InChI=1S/C14H23N5O/c1-3-4-5-14(20)15-12-6-7-13(17-16-12)19-10-8-18(2)9-11-19/h6-7H,3-5,8-11H2,1-2H3,(H,15,16,20). The van der Waals surface area contributed by atoms with Crippen LogP contribution in [0, 0.1) is 0 Å². The van der Waals surface area contributed by atoms with Gasteiger partial charge in [-0.2, -0.15) is 0 Å². The molecule has 110 valence electrons. The first-order valence-electron chi connectivity index (χ1n) is 7.26. The third-order valence-corrected chi connectivity index (χ3v) is 3.50. The number of anilines is 2. The summed E-state index contributed by atoms with van der Waals surface area (Å²) in [5.74, 6) is 1.42. The van der Waals surface area contributed by atoms with Crippen LogP contribution in [0.25, 0.3) is 0 Å². The zero-order valence-corrected chi connectivity index (χ0v) is 12.3. The van der Waals surface area contributed by atoms with Crippen molar-refractivity contribution in [3.8, 4) is 0 Å². The number of hydrogen-bond donors (Lipinski definition) is 1. The van der Waals surface area contributed by atoms with Crippen LogP contribution in [0.4, 0.5) is 11.6 Å². The van der Waals surface area contributed by atoms with Crippen molar-refractivity contribution >= 4 is 17.5 Å². The molecule has 2 heterocycles. The third kappa shape index (κ3) is 4.16. The maximum atomic E-state index is 11.6. The number of hydrogen-bond acceptors (Lipinski definition) is 5. The molecule has 0 aliphatic carbocycles. The fraction of sp³-hybridized carbons (Fsp3) is 0.643. The predicted molar refractivity (Wildman–Crippen MR) is 79.9 cm³/mol. The number of likely N-dealkylation sites (N-methyl/N-ethyl adjacent to an activating group) is 1. The van der Waals surface area contributed by atoms with E-state index < -0.39 is 0 Å². The van der Waals surface area contributed by atoms with E-state index in [1.165, 1.54) is 0 Å². The molecule has 1 aromatic heterocycles. The van der Waals surface area contributed by atoms with Gasteiger partial charge in [0.25, 0.3) is 0 Å². The summed E-state index contributed by atoms with van der Waals surface area (Å²) >= 11 is 0. The van der Waals surface area contributed by atoms with Gasteiger partial charge < -0.3 is 15.1 Å². The number of nitrogens with zero attached hydrogens (tertiary/aromatic N) is 4. The van der Waals surface area contributed by atoms with E-state index in [9.17, 15) is 4.79 Å². The molecule has 0 bridgehead atoms. The summed E-state index contributed by atoms with van der Waals surface area (Å²) in [5, 5.41) is 11.1. The Morgan fingerprint density at radius 3 is 2.60 bits per heavy atom. The molecule has 0 spiro atoms. The maximum absolute atomic E-state index is 11.6. The minimum absolute atomic E-state index is 0.00787. The number of piperazine rings is 1. The zero-order valence-electron chi connectivity index (χ0n) is 12.3. The summed E-state index contributed by atoms with van der Waals surface area (Å²) < 4.78 is 0. The summed E-state index contributed by atoms with van der Waals surface area (Å²) in [6.45, 7) is 6.08. The molecule has 6 heteroatoms. The summed E-state index contributed by atoms with van der Waals surface area (Å²) in [5.41, 5.74) is 0. The van der Waals surface area contributed by atoms with Crippen molar-refractivity contribution in [1.29, 1.82) is 0 Å². The van der Waals surface area contributed by atoms with Gasteiger partial charge in [-0.15, -0.1) is 10.2 Å². The monoisotopic (exact) mass is 277 g/mol. The molecule has 20 heavy (non-hydrogen) atoms. The Balaban J connectivity index is 1.88. The molecule has 1 aromatic rings. The average Bonchev–Trinajstić information content (AvgIpc) is 2.47. The van der Waals surface area contributed by atoms with Gasteiger partial charge in [-0.1, -0.05) is 13.3 Å². The van der Waals surface area contributed by atoms with Crippen LogP contribution in [0.5, 0.6) is 0 Å². The molecule has 1 amide bonds. The minimum atomic E-state index is 0.00787. The second-order valence-corrected chi connectivity index (χ2v) is 5.22. The summed E-state index contributed by atoms with van der Waals surface area (Å²) in [6.07, 6.45) is 2.46. The molecule has 0 aromatic carbocycles. The second-order valence-electron chi connectivity index (χ2n) is 5.22. The number of nitrogens with one attached hydrogen (secondary N) is 1. The molecule has 6 nitrogen and oxygen atoms in total. The van der Waals surface area contributed by atoms with E-state index in [-0.39, 0.29) is 5.91 Å². The molecular weight excluding hydrogens is 254 g/mol. The van der Waals surface area contributed by atoms with E-state index in [0.717, 1.165) is 44.8 Å². The number of aromatic nitrogens is 2. The quantitative estimate of drug-likeness (QED) is 0.880. The molecule has 1 saturated heterocycles. The van der Waals surface area contributed by atoms with E-state index in [1.54, 1.807) is 0 Å². The molecule has 0 saturated carbocycles. The first kappa shape index (κ1) is 14.7. The molecule has 1 N–H and O–H groups in total. The highest BCUT2D eigenvalue weighted by molar-refractivity contribution is 5.89. The Morgan fingerprint density at radius 2 is 2.00 bits per heavy atom. The first-order chi connectivity index (χ1) is 9.69. The van der Waals surface area contributed by atoms with Crippen molar-refractivity contribution in [2.75, 3.05) is 43.4 Å². The summed E-state index contributed by atoms with van der Waals surface area (Å²) in [7, 11) is 2.12. The van der Waals surface area contributed by atoms with E-state index in [2.05, 4.69) is 39.3 Å². The topological polar surface area (TPSA) is 61.4 Å². The zero-order chi connectivity index (χ0) is 14.4. The molecule has 0 radical (unpaired) electrons. The summed E-state index contributed by atoms with van der Waals surface area (Å²) in [4.78, 5) is 16.1. The van der Waals surface area contributed by atoms with Gasteiger partial charge >= 0.3 is 0 Å². The molecular formula is C14H23N5O. The normalized spacial score (nSPS) is 16.2. The molecule has 1 aliphatic heterocycles. The largest absolute Gasteiger partial charge is 0.353 e. The van der Waals surface area contributed by atoms with Gasteiger partial charge in [0.05, 0.1) is 0 Å². The van der Waals surface area contributed by atoms with Crippen LogP contribution in [0.3, 0.4) is 0 Å². The Bertz CT molecular complexity index is 426. The Hall–Kier alpha value is -1.69. The van der Waals surface area contributed by atoms with Gasteiger partial charge in [0.15, 0.2) is 11.6 Å². The summed E-state index contributed by atoms with van der Waals surface area (Å²) in [6, 6.07) is 3.75. The SMILES string of the molecule is CCCCC(=O)Nc1ccc(N2CCN(C)CC2)nn1. The Morgan fingerprint density at radius 1 is 1.25 bits per heavy atom. The fourth-order valence-electron chi connectivity index (χ4n) is 2.14. The van der Waals surface area contributed by atoms with E-state index >= 15 is 0 Å². The van der Waals surface area contributed by atoms with Crippen molar-refractivity contribution < 1.29 is 4.79 Å². The van der Waals surface area contributed by atoms with Crippen molar-refractivity contribution in [3.05, 3.63) is 12.1 Å². The molecule has 2 rings (SSSR count). The predicted octanol–water partition coefficient (Wildman–Crippen LogP) is 1.36. The highest BCUT2D eigenvalue weighted by Gasteiger charge is 2.15. The van der Waals surface area contributed by atoms with Crippen LogP contribution in [0.2, 0.25) is 0 Å². The first-order valence-corrected chi connectivity index (χ1v) is 7.26. The van der Waals surface area contributed by atoms with Gasteiger partial charge in [0.2, 0.25) is 5.91 Å². The van der Waals surface area contributed by atoms with E-state index in [0.29, 0.717) is 12.2 Å². The van der Waals surface area contributed by atoms with Crippen LogP contribution in [-0.2, 0) is 4.79 Å². The van der Waals surface area contributed by atoms with Crippen LogP contribution >= 0.6 is 0 Å². The van der Waals surface area contributed by atoms with Gasteiger partial charge in [0, 0.05) is 32.6 Å². The third-order valence-electron chi connectivity index (χ3n) is 3.50. The van der Waals surface area contributed by atoms with Crippen molar-refractivity contribution in [3.63, 3.8) is 0 Å². The smallest absolute Gasteiger partial charge is 0.225 e. The van der Waals surface area contributed by atoms with Gasteiger partial charge in [-0.3, -0.25) is 4.79 Å². The number of amides is 1. The van der Waals surface area contributed by atoms with Crippen LogP contribution in [0.15, 0.2) is 12.1 Å². The van der Waals surface area contributed by atoms with Crippen LogP contribution in [-0.4, -0.2) is 54.2 Å². The van der Waals surface area contributed by atoms with E-state index in [4.69, 9.17) is 0 Å². The van der Waals surface area contributed by atoms with Crippen molar-refractivity contribution in [2.45, 2.75) is 26.2 Å². The molecule has 1 fully saturated rings. The lowest BCUT2D eigenvalue weighted by Crippen LogP contribution is -2.44. The highest BCUT2D eigenvalue weighted by atomic mass is 16.1. The minimum Gasteiger partial charge on any atom is -0.353 e. The van der Waals surface area contributed by atoms with Crippen LogP contribution < -0.4 is 10.2 Å². The average molecular weight is 277 g/mol. The lowest BCUT2D eigenvalue weighted by molar-refractivity contribution is -0.116. The number of rotatable bonds is 5. The van der Waals surface area contributed by atoms with Crippen molar-refractivity contribution in [2.24, 2.45) is 0 Å². The lowest BCUT2D eigenvalue weighted by Gasteiger charge is -2.32. The van der Waals surface area contributed by atoms with Gasteiger partial charge in [0.1, 0.15) is 0 Å². The Kier molecular flexibility index (Phi) is 5.29. The number of unbranched alkanes of at least 4 members (excludes halogenated alkanes) is 1. The maximum Gasteiger partial charge on any atom is 0.225 e. The molecule has 1 aliphatic rings. The van der Waals surface area contributed by atoms with Crippen LogP contribution in [0.1, 0.15) is 26.2 Å². The number of carbonyl (C=O) groups is 1. The second kappa shape index (κ2) is 7.19. The highest BCUT2D eigenvalue weighted by Crippen LogP contribution is 2.14.